The molecule has 1 amide bonds. The zero-order valence-electron chi connectivity index (χ0n) is 15.5. The lowest BCUT2D eigenvalue weighted by atomic mass is 10.1. The average molecular weight is 350 g/mol. The highest BCUT2D eigenvalue weighted by molar-refractivity contribution is 6.02. The number of carbonyl (C=O) groups is 1. The predicted molar refractivity (Wildman–Crippen MR) is 106 cm³/mol. The van der Waals surface area contributed by atoms with Crippen LogP contribution in [-0.4, -0.2) is 37.1 Å². The van der Waals surface area contributed by atoms with E-state index in [0.29, 0.717) is 0 Å². The first-order valence-corrected chi connectivity index (χ1v) is 9.05. The molecule has 0 unspecified atom stereocenters. The molecular weight excluding hydrogens is 324 g/mol. The predicted octanol–water partition coefficient (Wildman–Crippen LogP) is 3.79. The standard InChI is InChI=1S/C22H26N2O2/c1-17-6-7-20(18(2)14-17)8-9-22(25)23-21-5-3-4-19(15-21)16-24-10-12-26-13-11-24/h3-9,14-15H,10-13,16H2,1-2H3,(H,23,25)/b9-8+. The van der Waals surface area contributed by atoms with E-state index < -0.39 is 0 Å². The van der Waals surface area contributed by atoms with Crippen LogP contribution in [0.2, 0.25) is 0 Å². The number of anilines is 1. The van der Waals surface area contributed by atoms with Gasteiger partial charge in [0.1, 0.15) is 0 Å². The molecule has 0 aromatic heterocycles. The van der Waals surface area contributed by atoms with Crippen LogP contribution in [0.15, 0.2) is 48.5 Å². The largest absolute Gasteiger partial charge is 0.379 e. The molecule has 3 rings (SSSR count). The van der Waals surface area contributed by atoms with Gasteiger partial charge in [0.15, 0.2) is 0 Å². The lowest BCUT2D eigenvalue weighted by Crippen LogP contribution is -2.35. The average Bonchev–Trinajstić information content (AvgIpc) is 2.62. The van der Waals surface area contributed by atoms with Crippen LogP contribution in [-0.2, 0) is 16.1 Å². The summed E-state index contributed by atoms with van der Waals surface area (Å²) in [4.78, 5) is 14.6. The molecule has 0 spiro atoms. The first-order chi connectivity index (χ1) is 12.6. The van der Waals surface area contributed by atoms with Crippen LogP contribution in [0.1, 0.15) is 22.3 Å². The third kappa shape index (κ3) is 5.28. The number of morpholine rings is 1. The van der Waals surface area contributed by atoms with Gasteiger partial charge in [-0.1, -0.05) is 35.9 Å². The van der Waals surface area contributed by atoms with Gasteiger partial charge in [-0.3, -0.25) is 9.69 Å². The molecule has 4 heteroatoms. The monoisotopic (exact) mass is 350 g/mol. The second-order valence-electron chi connectivity index (χ2n) is 6.77. The summed E-state index contributed by atoms with van der Waals surface area (Å²) in [6.45, 7) is 8.49. The van der Waals surface area contributed by atoms with E-state index in [1.165, 1.54) is 16.7 Å². The number of rotatable bonds is 5. The van der Waals surface area contributed by atoms with Gasteiger partial charge >= 0.3 is 0 Å². The summed E-state index contributed by atoms with van der Waals surface area (Å²) in [6.07, 6.45) is 3.45. The van der Waals surface area contributed by atoms with Gasteiger partial charge in [0.2, 0.25) is 5.91 Å². The Morgan fingerprint density at radius 2 is 1.96 bits per heavy atom. The van der Waals surface area contributed by atoms with Crippen molar-refractivity contribution in [3.05, 3.63) is 70.8 Å². The number of benzene rings is 2. The first-order valence-electron chi connectivity index (χ1n) is 9.05. The molecule has 1 aliphatic rings. The van der Waals surface area contributed by atoms with Crippen molar-refractivity contribution in [3.8, 4) is 0 Å². The Balaban J connectivity index is 1.60. The van der Waals surface area contributed by atoms with E-state index >= 15 is 0 Å². The highest BCUT2D eigenvalue weighted by Crippen LogP contribution is 2.15. The third-order valence-electron chi connectivity index (χ3n) is 4.54. The molecule has 1 N–H and O–H groups in total. The number of ether oxygens (including phenoxy) is 1. The summed E-state index contributed by atoms with van der Waals surface area (Å²) < 4.78 is 5.39. The zero-order valence-corrected chi connectivity index (χ0v) is 15.5. The summed E-state index contributed by atoms with van der Waals surface area (Å²) in [6, 6.07) is 14.3. The number of hydrogen-bond donors (Lipinski definition) is 1. The Bertz CT molecular complexity index is 792. The van der Waals surface area contributed by atoms with Crippen molar-refractivity contribution in [2.45, 2.75) is 20.4 Å². The van der Waals surface area contributed by atoms with Crippen molar-refractivity contribution < 1.29 is 9.53 Å². The molecule has 136 valence electrons. The maximum Gasteiger partial charge on any atom is 0.248 e. The van der Waals surface area contributed by atoms with Gasteiger partial charge in [0.05, 0.1) is 13.2 Å². The fourth-order valence-corrected chi connectivity index (χ4v) is 3.13. The van der Waals surface area contributed by atoms with Crippen LogP contribution >= 0.6 is 0 Å². The third-order valence-corrected chi connectivity index (χ3v) is 4.54. The number of hydrogen-bond acceptors (Lipinski definition) is 3. The minimum Gasteiger partial charge on any atom is -0.379 e. The molecule has 1 heterocycles. The number of nitrogens with one attached hydrogen (secondary N) is 1. The lowest BCUT2D eigenvalue weighted by Gasteiger charge is -2.26. The molecule has 0 saturated carbocycles. The number of nitrogens with zero attached hydrogens (tertiary/aromatic N) is 1. The van der Waals surface area contributed by atoms with Crippen LogP contribution in [0.3, 0.4) is 0 Å². The Morgan fingerprint density at radius 3 is 2.73 bits per heavy atom. The summed E-state index contributed by atoms with van der Waals surface area (Å²) in [5.41, 5.74) is 5.48. The number of amides is 1. The second kappa shape index (κ2) is 8.79. The van der Waals surface area contributed by atoms with Crippen molar-refractivity contribution in [3.63, 3.8) is 0 Å². The smallest absolute Gasteiger partial charge is 0.248 e. The molecule has 4 nitrogen and oxygen atoms in total. The highest BCUT2D eigenvalue weighted by Gasteiger charge is 2.11. The Morgan fingerprint density at radius 1 is 1.15 bits per heavy atom. The Hall–Kier alpha value is -2.43. The van der Waals surface area contributed by atoms with Crippen molar-refractivity contribution in [2.75, 3.05) is 31.6 Å². The topological polar surface area (TPSA) is 41.6 Å². The fraction of sp³-hybridized carbons (Fsp3) is 0.318. The lowest BCUT2D eigenvalue weighted by molar-refractivity contribution is -0.111. The zero-order chi connectivity index (χ0) is 18.4. The van der Waals surface area contributed by atoms with E-state index in [4.69, 9.17) is 4.74 Å². The SMILES string of the molecule is Cc1ccc(/C=C/C(=O)Nc2cccc(CN3CCOCC3)c2)c(C)c1. The van der Waals surface area contributed by atoms with E-state index in [-0.39, 0.29) is 5.91 Å². The van der Waals surface area contributed by atoms with Crippen molar-refractivity contribution in [1.82, 2.24) is 4.90 Å². The van der Waals surface area contributed by atoms with E-state index in [1.807, 2.05) is 30.3 Å². The molecule has 1 aliphatic heterocycles. The molecule has 2 aromatic rings. The molecule has 26 heavy (non-hydrogen) atoms. The minimum absolute atomic E-state index is 0.117. The van der Waals surface area contributed by atoms with Gasteiger partial charge in [0.25, 0.3) is 0 Å². The van der Waals surface area contributed by atoms with Gasteiger partial charge in [-0.25, -0.2) is 0 Å². The Kier molecular flexibility index (Phi) is 6.21. The second-order valence-corrected chi connectivity index (χ2v) is 6.77. The van der Waals surface area contributed by atoms with E-state index in [1.54, 1.807) is 6.08 Å². The molecule has 0 aliphatic carbocycles. The fourth-order valence-electron chi connectivity index (χ4n) is 3.13. The summed E-state index contributed by atoms with van der Waals surface area (Å²) in [5.74, 6) is -0.117. The van der Waals surface area contributed by atoms with Gasteiger partial charge in [0, 0.05) is 31.4 Å². The maximum absolute atomic E-state index is 12.2. The van der Waals surface area contributed by atoms with Gasteiger partial charge in [-0.2, -0.15) is 0 Å². The number of aryl methyl sites for hydroxylation is 2. The summed E-state index contributed by atoms with van der Waals surface area (Å²) in [5, 5.41) is 2.95. The first kappa shape index (κ1) is 18.4. The van der Waals surface area contributed by atoms with Gasteiger partial charge < -0.3 is 10.1 Å². The van der Waals surface area contributed by atoms with Crippen LogP contribution in [0, 0.1) is 13.8 Å². The molecule has 2 aromatic carbocycles. The van der Waals surface area contributed by atoms with Crippen molar-refractivity contribution in [1.29, 1.82) is 0 Å². The van der Waals surface area contributed by atoms with Gasteiger partial charge in [-0.15, -0.1) is 0 Å². The summed E-state index contributed by atoms with van der Waals surface area (Å²) >= 11 is 0. The van der Waals surface area contributed by atoms with Gasteiger partial charge in [-0.05, 0) is 48.7 Å². The van der Waals surface area contributed by atoms with Crippen LogP contribution in [0.4, 0.5) is 5.69 Å². The minimum atomic E-state index is -0.117. The van der Waals surface area contributed by atoms with E-state index in [9.17, 15) is 4.79 Å². The molecule has 0 radical (unpaired) electrons. The van der Waals surface area contributed by atoms with Crippen molar-refractivity contribution >= 4 is 17.7 Å². The van der Waals surface area contributed by atoms with Crippen molar-refractivity contribution in [2.24, 2.45) is 0 Å². The summed E-state index contributed by atoms with van der Waals surface area (Å²) in [7, 11) is 0. The quantitative estimate of drug-likeness (QED) is 0.834. The molecule has 1 saturated heterocycles. The maximum atomic E-state index is 12.2. The van der Waals surface area contributed by atoms with E-state index in [0.717, 1.165) is 44.1 Å². The van der Waals surface area contributed by atoms with E-state index in [2.05, 4.69) is 42.3 Å². The van der Waals surface area contributed by atoms with Crippen LogP contribution < -0.4 is 5.32 Å². The molecule has 0 atom stereocenters. The number of carbonyl (C=O) groups excluding carboxylic acids is 1. The molecule has 1 fully saturated rings. The van der Waals surface area contributed by atoms with Crippen LogP contribution in [0.5, 0.6) is 0 Å². The normalized spacial score (nSPS) is 15.3. The Labute approximate surface area is 155 Å². The molecule has 0 bridgehead atoms. The molecular formula is C22H26N2O2. The highest BCUT2D eigenvalue weighted by atomic mass is 16.5. The van der Waals surface area contributed by atoms with Crippen LogP contribution in [0.25, 0.3) is 6.08 Å².